The van der Waals surface area contributed by atoms with Crippen molar-refractivity contribution in [3.63, 3.8) is 0 Å². The van der Waals surface area contributed by atoms with E-state index in [1.807, 2.05) is 12.3 Å². The molecule has 0 aromatic carbocycles. The number of aromatic nitrogens is 1. The highest BCUT2D eigenvalue weighted by Crippen LogP contribution is 2.10. The van der Waals surface area contributed by atoms with Crippen molar-refractivity contribution < 1.29 is 0 Å². The van der Waals surface area contributed by atoms with Gasteiger partial charge in [0.2, 0.25) is 0 Å². The first-order chi connectivity index (χ1) is 8.80. The first kappa shape index (κ1) is 15.0. The average molecular weight is 249 g/mol. The molecule has 102 valence electrons. The molecular formula is C15H27N3. The zero-order valence-electron chi connectivity index (χ0n) is 12.1. The van der Waals surface area contributed by atoms with E-state index in [9.17, 15) is 0 Å². The Morgan fingerprint density at radius 1 is 1.22 bits per heavy atom. The first-order valence-electron chi connectivity index (χ1n) is 7.21. The van der Waals surface area contributed by atoms with Crippen LogP contribution in [0.15, 0.2) is 18.3 Å². The Morgan fingerprint density at radius 2 is 2.06 bits per heavy atom. The lowest BCUT2D eigenvalue weighted by molar-refractivity contribution is 0.272. The van der Waals surface area contributed by atoms with Crippen molar-refractivity contribution in [3.05, 3.63) is 24.0 Å². The Morgan fingerprint density at radius 3 is 2.72 bits per heavy atom. The number of hydrogen-bond acceptors (Lipinski definition) is 3. The van der Waals surface area contributed by atoms with Crippen molar-refractivity contribution in [2.24, 2.45) is 0 Å². The molecule has 0 aliphatic heterocycles. The van der Waals surface area contributed by atoms with Gasteiger partial charge in [0.15, 0.2) is 0 Å². The average Bonchev–Trinajstić information content (AvgIpc) is 2.41. The van der Waals surface area contributed by atoms with E-state index < -0.39 is 0 Å². The molecule has 0 unspecified atom stereocenters. The largest absolute Gasteiger partial charge is 0.385 e. The van der Waals surface area contributed by atoms with Gasteiger partial charge >= 0.3 is 0 Å². The summed E-state index contributed by atoms with van der Waals surface area (Å²) in [5, 5.41) is 3.41. The fourth-order valence-electron chi connectivity index (χ4n) is 1.90. The Kier molecular flexibility index (Phi) is 7.42. The van der Waals surface area contributed by atoms with Crippen LogP contribution >= 0.6 is 0 Å². The molecule has 0 aliphatic rings. The minimum Gasteiger partial charge on any atom is -0.385 e. The highest BCUT2D eigenvalue weighted by Gasteiger charge is 2.04. The van der Waals surface area contributed by atoms with E-state index in [1.54, 1.807) is 0 Å². The Hall–Kier alpha value is -1.09. The van der Waals surface area contributed by atoms with Gasteiger partial charge in [-0.25, -0.2) is 0 Å². The van der Waals surface area contributed by atoms with Gasteiger partial charge in [-0.3, -0.25) is 9.88 Å². The van der Waals surface area contributed by atoms with Crippen molar-refractivity contribution in [1.82, 2.24) is 9.88 Å². The molecule has 0 fully saturated rings. The third-order valence-electron chi connectivity index (χ3n) is 3.06. The molecule has 1 N–H and O–H groups in total. The minimum atomic E-state index is 0.956. The second kappa shape index (κ2) is 8.92. The van der Waals surface area contributed by atoms with Gasteiger partial charge in [-0.2, -0.15) is 0 Å². The molecule has 0 atom stereocenters. The van der Waals surface area contributed by atoms with E-state index in [-0.39, 0.29) is 0 Å². The maximum Gasteiger partial charge on any atom is 0.0564 e. The van der Waals surface area contributed by atoms with Gasteiger partial charge in [0, 0.05) is 25.0 Å². The third-order valence-corrected chi connectivity index (χ3v) is 3.06. The van der Waals surface area contributed by atoms with E-state index in [0.717, 1.165) is 31.7 Å². The van der Waals surface area contributed by atoms with Crippen LogP contribution in [-0.2, 0) is 6.54 Å². The van der Waals surface area contributed by atoms with Gasteiger partial charge in [0.05, 0.1) is 5.69 Å². The Labute approximate surface area is 112 Å². The number of rotatable bonds is 9. The summed E-state index contributed by atoms with van der Waals surface area (Å²) in [6.07, 6.45) is 5.57. The second-order valence-electron chi connectivity index (χ2n) is 4.68. The highest BCUT2D eigenvalue weighted by molar-refractivity contribution is 5.43. The zero-order chi connectivity index (χ0) is 13.2. The van der Waals surface area contributed by atoms with Crippen LogP contribution in [0.2, 0.25) is 0 Å². The van der Waals surface area contributed by atoms with Crippen LogP contribution in [0.5, 0.6) is 0 Å². The van der Waals surface area contributed by atoms with Gasteiger partial charge in [-0.1, -0.05) is 27.2 Å². The number of unbranched alkanes of at least 4 members (excludes halogenated alkanes) is 1. The van der Waals surface area contributed by atoms with Crippen molar-refractivity contribution >= 4 is 5.69 Å². The maximum absolute atomic E-state index is 4.46. The number of pyridine rings is 1. The number of anilines is 1. The molecule has 0 bridgehead atoms. The minimum absolute atomic E-state index is 0.956. The topological polar surface area (TPSA) is 28.2 Å². The van der Waals surface area contributed by atoms with Gasteiger partial charge in [-0.05, 0) is 38.1 Å². The molecule has 3 nitrogen and oxygen atoms in total. The van der Waals surface area contributed by atoms with E-state index in [4.69, 9.17) is 0 Å². The Balaban J connectivity index is 2.53. The summed E-state index contributed by atoms with van der Waals surface area (Å²) in [6, 6.07) is 4.21. The van der Waals surface area contributed by atoms with Crippen LogP contribution < -0.4 is 5.32 Å². The molecule has 0 saturated heterocycles. The summed E-state index contributed by atoms with van der Waals surface area (Å²) >= 11 is 0. The molecule has 0 spiro atoms. The molecule has 0 amide bonds. The monoisotopic (exact) mass is 249 g/mol. The normalized spacial score (nSPS) is 10.9. The molecule has 1 aromatic heterocycles. The highest BCUT2D eigenvalue weighted by atomic mass is 15.1. The molecule has 0 saturated carbocycles. The molecule has 3 heteroatoms. The van der Waals surface area contributed by atoms with E-state index >= 15 is 0 Å². The van der Waals surface area contributed by atoms with Crippen molar-refractivity contribution in [2.45, 2.75) is 46.6 Å². The van der Waals surface area contributed by atoms with Crippen LogP contribution in [0.1, 0.15) is 45.7 Å². The molecule has 0 radical (unpaired) electrons. The zero-order valence-corrected chi connectivity index (χ0v) is 12.1. The van der Waals surface area contributed by atoms with Crippen LogP contribution in [0.4, 0.5) is 5.69 Å². The van der Waals surface area contributed by atoms with Gasteiger partial charge < -0.3 is 5.32 Å². The summed E-state index contributed by atoms with van der Waals surface area (Å²) in [7, 11) is 0. The van der Waals surface area contributed by atoms with Crippen LogP contribution in [-0.4, -0.2) is 29.5 Å². The van der Waals surface area contributed by atoms with Crippen molar-refractivity contribution in [1.29, 1.82) is 0 Å². The molecule has 0 aliphatic carbocycles. The fraction of sp³-hybridized carbons (Fsp3) is 0.667. The first-order valence-corrected chi connectivity index (χ1v) is 7.21. The quantitative estimate of drug-likeness (QED) is 0.725. The summed E-state index contributed by atoms with van der Waals surface area (Å²) in [4.78, 5) is 6.92. The number of nitrogens with one attached hydrogen (secondary N) is 1. The van der Waals surface area contributed by atoms with Gasteiger partial charge in [0.25, 0.3) is 0 Å². The molecular weight excluding hydrogens is 222 g/mol. The van der Waals surface area contributed by atoms with Crippen molar-refractivity contribution in [3.8, 4) is 0 Å². The third kappa shape index (κ3) is 5.50. The lowest BCUT2D eigenvalue weighted by atomic mass is 10.2. The molecule has 18 heavy (non-hydrogen) atoms. The lowest BCUT2D eigenvalue weighted by Gasteiger charge is -2.19. The van der Waals surface area contributed by atoms with Crippen molar-refractivity contribution in [2.75, 3.05) is 25.0 Å². The van der Waals surface area contributed by atoms with Gasteiger partial charge in [0.1, 0.15) is 0 Å². The van der Waals surface area contributed by atoms with E-state index in [2.05, 4.69) is 42.0 Å². The smallest absolute Gasteiger partial charge is 0.0564 e. The lowest BCUT2D eigenvalue weighted by Crippen LogP contribution is -2.24. The number of hydrogen-bond donors (Lipinski definition) is 1. The van der Waals surface area contributed by atoms with Crippen LogP contribution in [0.25, 0.3) is 0 Å². The molecule has 1 rings (SSSR count). The van der Waals surface area contributed by atoms with Crippen LogP contribution in [0.3, 0.4) is 0 Å². The van der Waals surface area contributed by atoms with Gasteiger partial charge in [-0.15, -0.1) is 0 Å². The SMILES string of the molecule is CCCCN(CC)Cc1cc(NCCC)ccn1. The second-order valence-corrected chi connectivity index (χ2v) is 4.68. The fourth-order valence-corrected chi connectivity index (χ4v) is 1.90. The van der Waals surface area contributed by atoms with Crippen LogP contribution in [0, 0.1) is 0 Å². The number of nitrogens with zero attached hydrogens (tertiary/aromatic N) is 2. The predicted molar refractivity (Wildman–Crippen MR) is 78.9 cm³/mol. The maximum atomic E-state index is 4.46. The summed E-state index contributed by atoms with van der Waals surface area (Å²) in [6.45, 7) is 10.9. The predicted octanol–water partition coefficient (Wildman–Crippen LogP) is 3.53. The summed E-state index contributed by atoms with van der Waals surface area (Å²) in [5.74, 6) is 0. The summed E-state index contributed by atoms with van der Waals surface area (Å²) in [5.41, 5.74) is 2.35. The summed E-state index contributed by atoms with van der Waals surface area (Å²) < 4.78 is 0. The van der Waals surface area contributed by atoms with E-state index in [0.29, 0.717) is 0 Å². The molecule has 1 aromatic rings. The molecule has 1 heterocycles. The standard InChI is InChI=1S/C15H27N3/c1-4-7-11-18(6-3)13-15-12-14(8-10-17-15)16-9-5-2/h8,10,12H,4-7,9,11,13H2,1-3H3,(H,16,17). The Bertz CT molecular complexity index is 325. The van der Waals surface area contributed by atoms with E-state index in [1.165, 1.54) is 25.1 Å².